The second-order valence-electron chi connectivity index (χ2n) is 21.7. The molecular weight excluding hydrogens is 876 g/mol. The summed E-state index contributed by atoms with van der Waals surface area (Å²) in [5, 5.41) is 14.1. The molecule has 9 heteroatoms. The molecule has 0 rings (SSSR count). The number of hydrogen-bond donors (Lipinski definition) is 3. The number of hydrogen-bond acceptors (Lipinski definition) is 5. The predicted molar refractivity (Wildman–Crippen MR) is 300 cm³/mol. The van der Waals surface area contributed by atoms with Crippen LogP contribution >= 0.6 is 7.82 Å². The first-order valence-corrected chi connectivity index (χ1v) is 31.3. The van der Waals surface area contributed by atoms with Crippen LogP contribution in [-0.4, -0.2) is 73.4 Å². The average Bonchev–Trinajstić information content (AvgIpc) is 3.31. The minimum absolute atomic E-state index is 0.0731. The summed E-state index contributed by atoms with van der Waals surface area (Å²) in [6, 6.07) is -0.766. The number of allylic oxidation sites excluding steroid dienone is 6. The summed E-state index contributed by atoms with van der Waals surface area (Å²) in [5.41, 5.74) is 0. The number of carbonyl (C=O) groups excluding carboxylic acids is 1. The van der Waals surface area contributed by atoms with Crippen LogP contribution in [0.25, 0.3) is 0 Å². The Labute approximate surface area is 429 Å². The first-order valence-electron chi connectivity index (χ1n) is 29.9. The number of unbranched alkanes of at least 4 members (excludes halogenated alkanes) is 36. The third kappa shape index (κ3) is 54.3. The maximum absolute atomic E-state index is 13.0. The molecule has 0 aliphatic rings. The predicted octanol–water partition coefficient (Wildman–Crippen LogP) is 18.2. The lowest BCUT2D eigenvalue weighted by atomic mass is 10.0. The molecule has 0 bridgehead atoms. The molecule has 0 radical (unpaired) electrons. The van der Waals surface area contributed by atoms with Gasteiger partial charge in [0.05, 0.1) is 39.9 Å². The topological polar surface area (TPSA) is 105 Å². The lowest BCUT2D eigenvalue weighted by molar-refractivity contribution is -0.870. The molecule has 69 heavy (non-hydrogen) atoms. The van der Waals surface area contributed by atoms with Crippen molar-refractivity contribution in [2.24, 2.45) is 0 Å². The largest absolute Gasteiger partial charge is 0.472 e. The van der Waals surface area contributed by atoms with Crippen LogP contribution in [0.1, 0.15) is 290 Å². The molecule has 408 valence electrons. The Kier molecular flexibility index (Phi) is 50.7. The number of phosphoric acid groups is 1. The van der Waals surface area contributed by atoms with Crippen molar-refractivity contribution >= 4 is 13.7 Å². The zero-order chi connectivity index (χ0) is 50.6. The molecule has 0 aromatic heterocycles. The molecule has 0 aromatic carbocycles. The van der Waals surface area contributed by atoms with E-state index >= 15 is 0 Å². The summed E-state index contributed by atoms with van der Waals surface area (Å²) in [5.74, 6) is -0.148. The number of likely N-dealkylation sites (N-methyl/N-ethyl adjacent to an activating group) is 1. The minimum atomic E-state index is -4.33. The Balaban J connectivity index is 4.17. The number of nitrogens with zero attached hydrogens (tertiary/aromatic N) is 1. The maximum Gasteiger partial charge on any atom is 0.472 e. The summed E-state index contributed by atoms with van der Waals surface area (Å²) >= 11 is 0. The average molecular weight is 995 g/mol. The van der Waals surface area contributed by atoms with Gasteiger partial charge in [0.2, 0.25) is 5.91 Å². The van der Waals surface area contributed by atoms with E-state index in [4.69, 9.17) is 9.05 Å². The number of quaternary nitrogens is 1. The zero-order valence-corrected chi connectivity index (χ0v) is 47.5. The summed E-state index contributed by atoms with van der Waals surface area (Å²) < 4.78 is 23.8. The van der Waals surface area contributed by atoms with Crippen molar-refractivity contribution in [1.29, 1.82) is 0 Å². The summed E-state index contributed by atoms with van der Waals surface area (Å²) in [7, 11) is 1.62. The molecular formula is C60H118N2O6P+. The molecule has 0 saturated heterocycles. The number of nitrogens with one attached hydrogen (secondary N) is 1. The highest BCUT2D eigenvalue weighted by Gasteiger charge is 2.28. The Morgan fingerprint density at radius 3 is 1.20 bits per heavy atom. The number of amides is 1. The van der Waals surface area contributed by atoms with Gasteiger partial charge in [0.1, 0.15) is 13.2 Å². The van der Waals surface area contributed by atoms with Crippen LogP contribution in [0.4, 0.5) is 0 Å². The number of carbonyl (C=O) groups is 1. The second kappa shape index (κ2) is 51.6. The van der Waals surface area contributed by atoms with Crippen LogP contribution in [-0.2, 0) is 18.4 Å². The van der Waals surface area contributed by atoms with Crippen molar-refractivity contribution in [3.63, 3.8) is 0 Å². The third-order valence-corrected chi connectivity index (χ3v) is 14.6. The molecule has 0 saturated carbocycles. The number of aliphatic hydroxyl groups is 1. The van der Waals surface area contributed by atoms with Gasteiger partial charge in [0.25, 0.3) is 0 Å². The van der Waals surface area contributed by atoms with Gasteiger partial charge in [0, 0.05) is 6.42 Å². The Morgan fingerprint density at radius 2 is 0.826 bits per heavy atom. The van der Waals surface area contributed by atoms with Crippen molar-refractivity contribution < 1.29 is 32.9 Å². The lowest BCUT2D eigenvalue weighted by Crippen LogP contribution is -2.46. The van der Waals surface area contributed by atoms with E-state index in [0.29, 0.717) is 23.9 Å². The van der Waals surface area contributed by atoms with E-state index in [1.54, 1.807) is 0 Å². The molecule has 3 atom stereocenters. The van der Waals surface area contributed by atoms with Gasteiger partial charge in [-0.3, -0.25) is 13.8 Å². The van der Waals surface area contributed by atoms with Gasteiger partial charge in [-0.05, 0) is 51.4 Å². The zero-order valence-electron chi connectivity index (χ0n) is 46.6. The molecule has 3 N–H and O–H groups in total. The Bertz CT molecular complexity index is 1220. The van der Waals surface area contributed by atoms with Crippen LogP contribution in [0.2, 0.25) is 0 Å². The molecule has 3 unspecified atom stereocenters. The van der Waals surface area contributed by atoms with Crippen molar-refractivity contribution in [1.82, 2.24) is 5.32 Å². The van der Waals surface area contributed by atoms with Gasteiger partial charge in [-0.25, -0.2) is 4.57 Å². The van der Waals surface area contributed by atoms with E-state index < -0.39 is 20.0 Å². The number of phosphoric ester groups is 1. The molecule has 1 amide bonds. The fourth-order valence-corrected chi connectivity index (χ4v) is 9.67. The highest BCUT2D eigenvalue weighted by molar-refractivity contribution is 7.47. The van der Waals surface area contributed by atoms with Gasteiger partial charge in [0.15, 0.2) is 0 Å². The van der Waals surface area contributed by atoms with Crippen LogP contribution in [0.3, 0.4) is 0 Å². The van der Waals surface area contributed by atoms with Crippen molar-refractivity contribution in [3.8, 4) is 0 Å². The van der Waals surface area contributed by atoms with Gasteiger partial charge in [-0.1, -0.05) is 269 Å². The summed E-state index contributed by atoms with van der Waals surface area (Å²) in [6.45, 7) is 4.91. The monoisotopic (exact) mass is 994 g/mol. The van der Waals surface area contributed by atoms with Gasteiger partial charge >= 0.3 is 7.82 Å². The van der Waals surface area contributed by atoms with E-state index in [-0.39, 0.29) is 19.1 Å². The van der Waals surface area contributed by atoms with E-state index in [1.807, 2.05) is 21.1 Å². The fraction of sp³-hybridized carbons (Fsp3) is 0.883. The molecule has 0 aliphatic carbocycles. The van der Waals surface area contributed by atoms with Crippen LogP contribution < -0.4 is 5.32 Å². The molecule has 0 aliphatic heterocycles. The molecule has 0 spiro atoms. The van der Waals surface area contributed by atoms with E-state index in [0.717, 1.165) is 57.8 Å². The number of rotatable bonds is 55. The van der Waals surface area contributed by atoms with Crippen molar-refractivity contribution in [3.05, 3.63) is 36.5 Å². The minimum Gasteiger partial charge on any atom is -0.391 e. The molecule has 0 aromatic rings. The first kappa shape index (κ1) is 67.7. The van der Waals surface area contributed by atoms with Gasteiger partial charge < -0.3 is 19.8 Å². The molecule has 0 fully saturated rings. The van der Waals surface area contributed by atoms with E-state index in [2.05, 4.69) is 55.6 Å². The normalized spacial score (nSPS) is 14.1. The van der Waals surface area contributed by atoms with Crippen molar-refractivity contribution in [2.75, 3.05) is 40.9 Å². The molecule has 0 heterocycles. The fourth-order valence-electron chi connectivity index (χ4n) is 8.94. The van der Waals surface area contributed by atoms with Crippen molar-refractivity contribution in [2.45, 2.75) is 302 Å². The summed E-state index contributed by atoms with van der Waals surface area (Å²) in [6.07, 6.45) is 66.3. The van der Waals surface area contributed by atoms with E-state index in [1.165, 1.54) is 205 Å². The SMILES string of the molecule is CCCCCCC/C=C\C/C=C\C/C=C\CCCCCCCCCCC(=O)NC(COP(=O)(O)OCC[N+](C)(C)C)C(O)CCCCCCCCCCCCCCCCCCCCCCCCCC. The highest BCUT2D eigenvalue weighted by atomic mass is 31.2. The number of aliphatic hydroxyl groups excluding tert-OH is 1. The Hall–Kier alpha value is -1.28. The third-order valence-electron chi connectivity index (χ3n) is 13.6. The Morgan fingerprint density at radius 1 is 0.493 bits per heavy atom. The smallest absolute Gasteiger partial charge is 0.391 e. The first-order chi connectivity index (χ1) is 33.5. The van der Waals surface area contributed by atoms with Gasteiger partial charge in [-0.2, -0.15) is 0 Å². The van der Waals surface area contributed by atoms with Gasteiger partial charge in [-0.15, -0.1) is 0 Å². The van der Waals surface area contributed by atoms with Crippen LogP contribution in [0.5, 0.6) is 0 Å². The highest BCUT2D eigenvalue weighted by Crippen LogP contribution is 2.43. The summed E-state index contributed by atoms with van der Waals surface area (Å²) in [4.78, 5) is 23.4. The molecule has 8 nitrogen and oxygen atoms in total. The maximum atomic E-state index is 13.0. The second-order valence-corrected chi connectivity index (χ2v) is 23.2. The van der Waals surface area contributed by atoms with Crippen LogP contribution in [0.15, 0.2) is 36.5 Å². The van der Waals surface area contributed by atoms with E-state index in [9.17, 15) is 19.4 Å². The van der Waals surface area contributed by atoms with Crippen LogP contribution in [0, 0.1) is 0 Å². The lowest BCUT2D eigenvalue weighted by Gasteiger charge is -2.26. The standard InChI is InChI=1S/C60H117N2O6P/c1-6-8-10-12-14-16-18-20-22-24-26-28-30-32-33-35-37-39-41-43-45-47-49-51-53-59(63)58(57-68-69(65,66)67-56-55-62(3,4)5)61-60(64)54-52-50-48-46-44-42-40-38-36-34-31-29-27-25-23-21-19-17-15-13-11-9-7-2/h19,21,25,27,31,34,58-59,63H,6-18,20,22-24,26,28-30,32-33,35-57H2,1-5H3,(H-,61,64,65,66)/p+1/b21-19-,27-25-,34-31-. The quantitative estimate of drug-likeness (QED) is 0.0243.